The van der Waals surface area contributed by atoms with Crippen LogP contribution in [0.2, 0.25) is 0 Å². The van der Waals surface area contributed by atoms with Crippen molar-refractivity contribution in [3.63, 3.8) is 0 Å². The van der Waals surface area contributed by atoms with E-state index in [0.717, 1.165) is 18.8 Å². The SMILES string of the molecule is CCN(c1ccc(CNC(C)C)cc1)c1ccccc1F. The molecule has 2 nitrogen and oxygen atoms in total. The first-order chi connectivity index (χ1) is 10.1. The maximum absolute atomic E-state index is 13.9. The molecule has 2 rings (SSSR count). The van der Waals surface area contributed by atoms with Crippen LogP contribution in [-0.4, -0.2) is 12.6 Å². The van der Waals surface area contributed by atoms with Crippen molar-refractivity contribution in [2.24, 2.45) is 0 Å². The Morgan fingerprint density at radius 1 is 1.05 bits per heavy atom. The van der Waals surface area contributed by atoms with Crippen molar-refractivity contribution in [3.05, 3.63) is 59.9 Å². The van der Waals surface area contributed by atoms with Gasteiger partial charge in [0.15, 0.2) is 0 Å². The third-order valence-corrected chi connectivity index (χ3v) is 3.42. The van der Waals surface area contributed by atoms with E-state index in [2.05, 4.69) is 31.3 Å². The van der Waals surface area contributed by atoms with Gasteiger partial charge < -0.3 is 10.2 Å². The summed E-state index contributed by atoms with van der Waals surface area (Å²) in [6.07, 6.45) is 0. The van der Waals surface area contributed by atoms with Crippen LogP contribution < -0.4 is 10.2 Å². The highest BCUT2D eigenvalue weighted by atomic mass is 19.1. The van der Waals surface area contributed by atoms with Gasteiger partial charge in [0.1, 0.15) is 5.82 Å². The van der Waals surface area contributed by atoms with Crippen LogP contribution >= 0.6 is 0 Å². The zero-order valence-electron chi connectivity index (χ0n) is 12.9. The Hall–Kier alpha value is -1.87. The normalized spacial score (nSPS) is 10.9. The zero-order chi connectivity index (χ0) is 15.2. The molecule has 1 N–H and O–H groups in total. The quantitative estimate of drug-likeness (QED) is 0.842. The second-order valence-electron chi connectivity index (χ2n) is 5.40. The van der Waals surface area contributed by atoms with Crippen molar-refractivity contribution < 1.29 is 4.39 Å². The van der Waals surface area contributed by atoms with Gasteiger partial charge in [0.2, 0.25) is 0 Å². The van der Waals surface area contributed by atoms with Gasteiger partial charge in [0, 0.05) is 24.8 Å². The maximum atomic E-state index is 13.9. The Bertz CT molecular complexity index is 564. The lowest BCUT2D eigenvalue weighted by molar-refractivity contribution is 0.589. The van der Waals surface area contributed by atoms with Crippen LogP contribution in [0.4, 0.5) is 15.8 Å². The smallest absolute Gasteiger partial charge is 0.146 e. The molecule has 0 fully saturated rings. The van der Waals surface area contributed by atoms with Gasteiger partial charge in [-0.1, -0.05) is 38.1 Å². The number of para-hydroxylation sites is 1. The first-order valence-electron chi connectivity index (χ1n) is 7.46. The molecule has 0 bridgehead atoms. The largest absolute Gasteiger partial charge is 0.339 e. The summed E-state index contributed by atoms with van der Waals surface area (Å²) in [6, 6.07) is 15.6. The Morgan fingerprint density at radius 2 is 1.71 bits per heavy atom. The second-order valence-corrected chi connectivity index (χ2v) is 5.40. The van der Waals surface area contributed by atoms with Crippen LogP contribution in [0.15, 0.2) is 48.5 Å². The third kappa shape index (κ3) is 4.05. The first kappa shape index (κ1) is 15.5. The highest BCUT2D eigenvalue weighted by Crippen LogP contribution is 2.27. The molecule has 0 amide bonds. The minimum Gasteiger partial charge on any atom is -0.339 e. The fraction of sp³-hybridized carbons (Fsp3) is 0.333. The van der Waals surface area contributed by atoms with Crippen molar-refractivity contribution in [1.82, 2.24) is 5.32 Å². The Morgan fingerprint density at radius 3 is 2.29 bits per heavy atom. The van der Waals surface area contributed by atoms with E-state index in [4.69, 9.17) is 0 Å². The van der Waals surface area contributed by atoms with Crippen LogP contribution in [0.3, 0.4) is 0 Å². The van der Waals surface area contributed by atoms with Gasteiger partial charge in [-0.15, -0.1) is 0 Å². The highest BCUT2D eigenvalue weighted by Gasteiger charge is 2.11. The topological polar surface area (TPSA) is 15.3 Å². The number of halogens is 1. The number of hydrogen-bond acceptors (Lipinski definition) is 2. The van der Waals surface area contributed by atoms with Gasteiger partial charge in [-0.2, -0.15) is 0 Å². The Labute approximate surface area is 126 Å². The number of rotatable bonds is 6. The molecular weight excluding hydrogens is 263 g/mol. The van der Waals surface area contributed by atoms with Gasteiger partial charge in [-0.25, -0.2) is 4.39 Å². The summed E-state index contributed by atoms with van der Waals surface area (Å²) in [6.45, 7) is 7.87. The molecule has 0 saturated carbocycles. The lowest BCUT2D eigenvalue weighted by Gasteiger charge is -2.24. The van der Waals surface area contributed by atoms with Gasteiger partial charge in [0.25, 0.3) is 0 Å². The second kappa shape index (κ2) is 7.23. The molecule has 21 heavy (non-hydrogen) atoms. The summed E-state index contributed by atoms with van der Waals surface area (Å²) >= 11 is 0. The average Bonchev–Trinajstić information content (AvgIpc) is 2.49. The van der Waals surface area contributed by atoms with E-state index < -0.39 is 0 Å². The lowest BCUT2D eigenvalue weighted by atomic mass is 10.1. The lowest BCUT2D eigenvalue weighted by Crippen LogP contribution is -2.22. The molecule has 2 aromatic rings. The Kier molecular flexibility index (Phi) is 5.34. The van der Waals surface area contributed by atoms with E-state index in [-0.39, 0.29) is 5.82 Å². The van der Waals surface area contributed by atoms with Crippen molar-refractivity contribution in [2.45, 2.75) is 33.4 Å². The van der Waals surface area contributed by atoms with Crippen molar-refractivity contribution in [1.29, 1.82) is 0 Å². The molecule has 0 heterocycles. The highest BCUT2D eigenvalue weighted by molar-refractivity contribution is 5.63. The van der Waals surface area contributed by atoms with Gasteiger partial charge in [-0.3, -0.25) is 0 Å². The number of hydrogen-bond donors (Lipinski definition) is 1. The number of benzene rings is 2. The fourth-order valence-electron chi connectivity index (χ4n) is 2.28. The molecule has 112 valence electrons. The van der Waals surface area contributed by atoms with Crippen molar-refractivity contribution in [3.8, 4) is 0 Å². The predicted molar refractivity (Wildman–Crippen MR) is 87.5 cm³/mol. The molecule has 0 spiro atoms. The van der Waals surface area contributed by atoms with E-state index in [1.54, 1.807) is 6.07 Å². The molecule has 0 atom stereocenters. The van der Waals surface area contributed by atoms with Crippen LogP contribution in [0.5, 0.6) is 0 Å². The van der Waals surface area contributed by atoms with Crippen molar-refractivity contribution >= 4 is 11.4 Å². The predicted octanol–water partition coefficient (Wildman–Crippen LogP) is 4.48. The van der Waals surface area contributed by atoms with E-state index in [9.17, 15) is 4.39 Å². The average molecular weight is 286 g/mol. The van der Waals surface area contributed by atoms with Crippen LogP contribution in [0, 0.1) is 5.82 Å². The van der Waals surface area contributed by atoms with Crippen molar-refractivity contribution in [2.75, 3.05) is 11.4 Å². The van der Waals surface area contributed by atoms with E-state index >= 15 is 0 Å². The molecule has 3 heteroatoms. The van der Waals surface area contributed by atoms with E-state index in [0.29, 0.717) is 11.7 Å². The summed E-state index contributed by atoms with van der Waals surface area (Å²) in [4.78, 5) is 1.98. The Balaban J connectivity index is 2.18. The number of anilines is 2. The summed E-state index contributed by atoms with van der Waals surface area (Å²) in [5.41, 5.74) is 2.86. The fourth-order valence-corrected chi connectivity index (χ4v) is 2.28. The number of nitrogens with one attached hydrogen (secondary N) is 1. The molecule has 2 aromatic carbocycles. The molecule has 0 aromatic heterocycles. The molecule has 0 aliphatic carbocycles. The number of nitrogens with zero attached hydrogens (tertiary/aromatic N) is 1. The minimum atomic E-state index is -0.190. The first-order valence-corrected chi connectivity index (χ1v) is 7.46. The van der Waals surface area contributed by atoms with Crippen LogP contribution in [0.1, 0.15) is 26.3 Å². The summed E-state index contributed by atoms with van der Waals surface area (Å²) in [5, 5.41) is 3.39. The molecule has 0 aliphatic rings. The maximum Gasteiger partial charge on any atom is 0.146 e. The van der Waals surface area contributed by atoms with Gasteiger partial charge in [-0.05, 0) is 36.8 Å². The molecular formula is C18H23FN2. The molecule has 0 unspecified atom stereocenters. The van der Waals surface area contributed by atoms with Gasteiger partial charge >= 0.3 is 0 Å². The molecule has 0 saturated heterocycles. The summed E-state index contributed by atoms with van der Waals surface area (Å²) in [7, 11) is 0. The van der Waals surface area contributed by atoms with E-state index in [1.807, 2.05) is 36.1 Å². The minimum absolute atomic E-state index is 0.190. The monoisotopic (exact) mass is 286 g/mol. The standard InChI is InChI=1S/C18H23FN2/c1-4-21(18-8-6-5-7-17(18)19)16-11-9-15(10-12-16)13-20-14(2)3/h5-12,14,20H,4,13H2,1-3H3. The molecule has 0 radical (unpaired) electrons. The van der Waals surface area contributed by atoms with Crippen LogP contribution in [0.25, 0.3) is 0 Å². The summed E-state index contributed by atoms with van der Waals surface area (Å²) in [5.74, 6) is -0.190. The molecule has 0 aliphatic heterocycles. The summed E-state index contributed by atoms with van der Waals surface area (Å²) < 4.78 is 13.9. The zero-order valence-corrected chi connectivity index (χ0v) is 12.9. The third-order valence-electron chi connectivity index (χ3n) is 3.42. The van der Waals surface area contributed by atoms with E-state index in [1.165, 1.54) is 11.6 Å². The van der Waals surface area contributed by atoms with Crippen LogP contribution in [-0.2, 0) is 6.54 Å². The van der Waals surface area contributed by atoms with Gasteiger partial charge in [0.05, 0.1) is 5.69 Å².